The van der Waals surface area contributed by atoms with E-state index < -0.39 is 21.9 Å². The van der Waals surface area contributed by atoms with Gasteiger partial charge in [0.25, 0.3) is 0 Å². The Morgan fingerprint density at radius 2 is 2.06 bits per heavy atom. The van der Waals surface area contributed by atoms with E-state index >= 15 is 0 Å². The van der Waals surface area contributed by atoms with Gasteiger partial charge in [-0.3, -0.25) is 4.90 Å². The fourth-order valence-corrected chi connectivity index (χ4v) is 1.76. The molecule has 0 aromatic carbocycles. The van der Waals surface area contributed by atoms with Gasteiger partial charge in [-0.2, -0.15) is 0 Å². The molecule has 1 amide bonds. The summed E-state index contributed by atoms with van der Waals surface area (Å²) >= 11 is 16.4. The Hall–Kier alpha value is -0.390. The Bertz CT molecular complexity index is 305. The van der Waals surface area contributed by atoms with Gasteiger partial charge in [0.1, 0.15) is 12.6 Å². The molecular formula is C9H12Cl3NO4. The van der Waals surface area contributed by atoms with Gasteiger partial charge < -0.3 is 9.47 Å². The molecule has 1 rings (SSSR count). The van der Waals surface area contributed by atoms with E-state index in [1.807, 2.05) is 0 Å². The fourth-order valence-electron chi connectivity index (χ4n) is 1.59. The predicted octanol–water partition coefficient (Wildman–Crippen LogP) is 2.13. The zero-order valence-corrected chi connectivity index (χ0v) is 11.4. The van der Waals surface area contributed by atoms with Crippen molar-refractivity contribution in [3.05, 3.63) is 0 Å². The predicted molar refractivity (Wildman–Crippen MR) is 63.4 cm³/mol. The van der Waals surface area contributed by atoms with E-state index in [4.69, 9.17) is 39.5 Å². The van der Waals surface area contributed by atoms with Crippen LogP contribution in [0.5, 0.6) is 0 Å². The number of rotatable bonds is 2. The summed E-state index contributed by atoms with van der Waals surface area (Å²) in [6.45, 7) is 0.0688. The standard InChI is InChI=1S/C9H12Cl3NO4/c1-16-7(14)6-3-2-4-13(6)8(15)17-5-9(10,11)12/h6H,2-5H2,1H3/t6-/m0/s1. The highest BCUT2D eigenvalue weighted by Gasteiger charge is 2.36. The third-order valence-electron chi connectivity index (χ3n) is 2.32. The van der Waals surface area contributed by atoms with Crippen LogP contribution in [0.25, 0.3) is 0 Å². The number of amides is 1. The van der Waals surface area contributed by atoms with Gasteiger partial charge in [0.2, 0.25) is 3.79 Å². The highest BCUT2D eigenvalue weighted by molar-refractivity contribution is 6.67. The molecule has 8 heteroatoms. The average Bonchev–Trinajstić information content (AvgIpc) is 2.72. The Labute approximate surface area is 114 Å². The van der Waals surface area contributed by atoms with Crippen molar-refractivity contribution < 1.29 is 19.1 Å². The summed E-state index contributed by atoms with van der Waals surface area (Å²) in [6, 6.07) is -0.608. The van der Waals surface area contributed by atoms with Crippen LogP contribution < -0.4 is 0 Å². The molecule has 1 fully saturated rings. The molecule has 0 saturated carbocycles. The molecule has 0 N–H and O–H groups in total. The van der Waals surface area contributed by atoms with Gasteiger partial charge in [-0.05, 0) is 12.8 Å². The maximum atomic E-state index is 11.6. The normalized spacial score (nSPS) is 20.2. The number of alkyl halides is 3. The van der Waals surface area contributed by atoms with E-state index in [0.29, 0.717) is 19.4 Å². The van der Waals surface area contributed by atoms with E-state index in [2.05, 4.69) is 4.74 Å². The number of esters is 1. The molecule has 1 saturated heterocycles. The van der Waals surface area contributed by atoms with Gasteiger partial charge >= 0.3 is 12.1 Å². The highest BCUT2D eigenvalue weighted by atomic mass is 35.6. The number of carbonyl (C=O) groups is 2. The lowest BCUT2D eigenvalue weighted by atomic mass is 10.2. The molecule has 0 unspecified atom stereocenters. The number of likely N-dealkylation sites (tertiary alicyclic amines) is 1. The van der Waals surface area contributed by atoms with Gasteiger partial charge in [-0.15, -0.1) is 0 Å². The van der Waals surface area contributed by atoms with Crippen molar-refractivity contribution in [2.24, 2.45) is 0 Å². The number of methoxy groups -OCH3 is 1. The van der Waals surface area contributed by atoms with Crippen molar-refractivity contribution in [2.45, 2.75) is 22.7 Å². The van der Waals surface area contributed by atoms with Gasteiger partial charge in [-0.1, -0.05) is 34.8 Å². The molecule has 1 atom stereocenters. The quantitative estimate of drug-likeness (QED) is 0.579. The van der Waals surface area contributed by atoms with Crippen molar-refractivity contribution in [3.63, 3.8) is 0 Å². The second kappa shape index (κ2) is 5.98. The zero-order valence-electron chi connectivity index (χ0n) is 9.12. The van der Waals surface area contributed by atoms with Gasteiger partial charge in [-0.25, -0.2) is 9.59 Å². The molecule has 1 aliphatic heterocycles. The van der Waals surface area contributed by atoms with Crippen molar-refractivity contribution >= 4 is 46.9 Å². The smallest absolute Gasteiger partial charge is 0.410 e. The first kappa shape index (κ1) is 14.7. The summed E-state index contributed by atoms with van der Waals surface area (Å²) in [5, 5.41) is 0. The highest BCUT2D eigenvalue weighted by Crippen LogP contribution is 2.27. The third kappa shape index (κ3) is 4.41. The number of hydrogen-bond acceptors (Lipinski definition) is 4. The second-order valence-electron chi connectivity index (χ2n) is 3.54. The maximum absolute atomic E-state index is 11.6. The van der Waals surface area contributed by atoms with Crippen LogP contribution in [-0.2, 0) is 14.3 Å². The van der Waals surface area contributed by atoms with Gasteiger partial charge in [0.15, 0.2) is 0 Å². The molecule has 0 spiro atoms. The number of ether oxygens (including phenoxy) is 2. The molecule has 0 radical (unpaired) electrons. The Balaban J connectivity index is 2.53. The molecule has 0 aromatic heterocycles. The summed E-state index contributed by atoms with van der Waals surface area (Å²) in [5.41, 5.74) is 0. The van der Waals surface area contributed by atoms with Crippen LogP contribution in [0.15, 0.2) is 0 Å². The Morgan fingerprint density at radius 3 is 2.59 bits per heavy atom. The largest absolute Gasteiger partial charge is 0.467 e. The Kier molecular flexibility index (Phi) is 5.16. The van der Waals surface area contributed by atoms with E-state index in [1.54, 1.807) is 0 Å². The molecule has 1 heterocycles. The summed E-state index contributed by atoms with van der Waals surface area (Å²) in [4.78, 5) is 24.3. The number of hydrogen-bond donors (Lipinski definition) is 0. The molecule has 17 heavy (non-hydrogen) atoms. The topological polar surface area (TPSA) is 55.8 Å². The van der Waals surface area contributed by atoms with E-state index in [-0.39, 0.29) is 6.61 Å². The first-order valence-corrected chi connectivity index (χ1v) is 6.06. The average molecular weight is 305 g/mol. The minimum absolute atomic E-state index is 0.360. The van der Waals surface area contributed by atoms with Crippen molar-refractivity contribution in [1.82, 2.24) is 4.90 Å². The third-order valence-corrected chi connectivity index (χ3v) is 2.65. The lowest BCUT2D eigenvalue weighted by Crippen LogP contribution is -2.42. The van der Waals surface area contributed by atoms with Gasteiger partial charge in [0.05, 0.1) is 7.11 Å². The lowest BCUT2D eigenvalue weighted by molar-refractivity contribution is -0.145. The first-order valence-electron chi connectivity index (χ1n) is 4.93. The van der Waals surface area contributed by atoms with E-state index in [1.165, 1.54) is 12.0 Å². The zero-order chi connectivity index (χ0) is 13.1. The van der Waals surface area contributed by atoms with E-state index in [0.717, 1.165) is 0 Å². The van der Waals surface area contributed by atoms with Crippen LogP contribution in [0.1, 0.15) is 12.8 Å². The second-order valence-corrected chi connectivity index (χ2v) is 6.06. The molecule has 0 aromatic rings. The molecule has 5 nitrogen and oxygen atoms in total. The maximum Gasteiger partial charge on any atom is 0.410 e. The number of carbonyl (C=O) groups excluding carboxylic acids is 2. The van der Waals surface area contributed by atoms with Crippen molar-refractivity contribution in [2.75, 3.05) is 20.3 Å². The lowest BCUT2D eigenvalue weighted by Gasteiger charge is -2.22. The fraction of sp³-hybridized carbons (Fsp3) is 0.778. The summed E-state index contributed by atoms with van der Waals surface area (Å²) in [5.74, 6) is -0.465. The van der Waals surface area contributed by atoms with Crippen LogP contribution in [0.4, 0.5) is 4.79 Å². The first-order chi connectivity index (χ1) is 7.85. The SMILES string of the molecule is COC(=O)[C@@H]1CCCN1C(=O)OCC(Cl)(Cl)Cl. The minimum atomic E-state index is -1.66. The Morgan fingerprint density at radius 1 is 1.41 bits per heavy atom. The van der Waals surface area contributed by atoms with Crippen LogP contribution >= 0.6 is 34.8 Å². The van der Waals surface area contributed by atoms with Crippen LogP contribution in [0.2, 0.25) is 0 Å². The molecule has 1 aliphatic rings. The van der Waals surface area contributed by atoms with Crippen LogP contribution in [0, 0.1) is 0 Å². The monoisotopic (exact) mass is 303 g/mol. The van der Waals surface area contributed by atoms with Gasteiger partial charge in [0, 0.05) is 6.54 Å². The molecule has 98 valence electrons. The van der Waals surface area contributed by atoms with E-state index in [9.17, 15) is 9.59 Å². The summed E-state index contributed by atoms with van der Waals surface area (Å²) in [6.07, 6.45) is 0.585. The summed E-state index contributed by atoms with van der Waals surface area (Å²) in [7, 11) is 1.27. The minimum Gasteiger partial charge on any atom is -0.467 e. The van der Waals surface area contributed by atoms with Crippen molar-refractivity contribution in [3.8, 4) is 0 Å². The number of halogens is 3. The van der Waals surface area contributed by atoms with Crippen LogP contribution in [0.3, 0.4) is 0 Å². The molecule has 0 aliphatic carbocycles. The molecular weight excluding hydrogens is 292 g/mol. The van der Waals surface area contributed by atoms with Crippen LogP contribution in [-0.4, -0.2) is 47.1 Å². The van der Waals surface area contributed by atoms with Crippen molar-refractivity contribution in [1.29, 1.82) is 0 Å². The summed E-state index contributed by atoms with van der Waals surface area (Å²) < 4.78 is 7.74. The molecule has 0 bridgehead atoms. The number of nitrogens with zero attached hydrogens (tertiary/aromatic N) is 1.